The molecule has 0 saturated carbocycles. The minimum absolute atomic E-state index is 0.342. The van der Waals surface area contributed by atoms with Crippen LogP contribution in [0.25, 0.3) is 17.1 Å². The van der Waals surface area contributed by atoms with Crippen molar-refractivity contribution >= 4 is 11.8 Å². The zero-order chi connectivity index (χ0) is 23.3. The van der Waals surface area contributed by atoms with Crippen molar-refractivity contribution < 1.29 is 4.42 Å². The lowest BCUT2D eigenvalue weighted by atomic mass is 10.0. The Kier molecular flexibility index (Phi) is 6.49. The first kappa shape index (κ1) is 22.0. The van der Waals surface area contributed by atoms with Gasteiger partial charge in [-0.25, -0.2) is 0 Å². The predicted octanol–water partition coefficient (Wildman–Crippen LogP) is 5.72. The molecule has 2 aromatic carbocycles. The van der Waals surface area contributed by atoms with Gasteiger partial charge < -0.3 is 4.42 Å². The molecule has 5 aromatic rings. The van der Waals surface area contributed by atoms with Crippen LogP contribution < -0.4 is 0 Å². The fraction of sp³-hybridized carbons (Fsp3) is 0.192. The molecular weight excluding hydrogens is 444 g/mol. The summed E-state index contributed by atoms with van der Waals surface area (Å²) in [6, 6.07) is 22.4. The van der Waals surface area contributed by atoms with Gasteiger partial charge in [-0.3, -0.25) is 9.55 Å². The van der Waals surface area contributed by atoms with E-state index in [-0.39, 0.29) is 0 Å². The van der Waals surface area contributed by atoms with E-state index < -0.39 is 0 Å². The van der Waals surface area contributed by atoms with Crippen LogP contribution in [0.4, 0.5) is 0 Å². The molecule has 0 radical (unpaired) electrons. The van der Waals surface area contributed by atoms with Crippen LogP contribution in [0.3, 0.4) is 0 Å². The summed E-state index contributed by atoms with van der Waals surface area (Å²) in [4.78, 5) is 4.27. The quantitative estimate of drug-likeness (QED) is 0.269. The van der Waals surface area contributed by atoms with Crippen molar-refractivity contribution in [1.29, 1.82) is 0 Å². The molecule has 0 aliphatic rings. The maximum absolute atomic E-state index is 5.90. The highest BCUT2D eigenvalue weighted by molar-refractivity contribution is 7.98. The highest BCUT2D eigenvalue weighted by Gasteiger charge is 2.20. The molecule has 5 rings (SSSR count). The molecule has 0 unspecified atom stereocenters. The van der Waals surface area contributed by atoms with E-state index in [0.717, 1.165) is 27.8 Å². The van der Waals surface area contributed by atoms with Gasteiger partial charge in [0.15, 0.2) is 11.0 Å². The summed E-state index contributed by atoms with van der Waals surface area (Å²) in [5.41, 5.74) is 4.32. The number of para-hydroxylation sites is 1. The van der Waals surface area contributed by atoms with Crippen LogP contribution in [-0.4, -0.2) is 29.9 Å². The summed E-state index contributed by atoms with van der Waals surface area (Å²) in [6.45, 7) is 4.37. The predicted molar refractivity (Wildman–Crippen MR) is 132 cm³/mol. The lowest BCUT2D eigenvalue weighted by molar-refractivity contribution is 0.474. The number of rotatable bonds is 8. The van der Waals surface area contributed by atoms with Gasteiger partial charge in [-0.15, -0.1) is 20.4 Å². The molecule has 170 valence electrons. The van der Waals surface area contributed by atoms with Crippen LogP contribution in [0.15, 0.2) is 88.7 Å². The number of hydrogen-bond donors (Lipinski definition) is 0. The van der Waals surface area contributed by atoms with Gasteiger partial charge in [0.25, 0.3) is 0 Å². The number of aromatic nitrogens is 6. The molecule has 3 aromatic heterocycles. The second-order valence-electron chi connectivity index (χ2n) is 8.14. The van der Waals surface area contributed by atoms with Crippen LogP contribution >= 0.6 is 11.8 Å². The first-order valence-corrected chi connectivity index (χ1v) is 12.1. The molecule has 34 heavy (non-hydrogen) atoms. The van der Waals surface area contributed by atoms with E-state index in [1.165, 1.54) is 17.3 Å². The Labute approximate surface area is 202 Å². The van der Waals surface area contributed by atoms with Gasteiger partial charge in [0.1, 0.15) is 0 Å². The summed E-state index contributed by atoms with van der Waals surface area (Å²) < 4.78 is 7.99. The Balaban J connectivity index is 1.44. The van der Waals surface area contributed by atoms with Crippen LogP contribution in [0.5, 0.6) is 0 Å². The van der Waals surface area contributed by atoms with Gasteiger partial charge in [0, 0.05) is 18.0 Å². The van der Waals surface area contributed by atoms with Crippen molar-refractivity contribution in [2.75, 3.05) is 0 Å². The topological polar surface area (TPSA) is 82.5 Å². The van der Waals surface area contributed by atoms with E-state index in [1.807, 2.05) is 48.5 Å². The van der Waals surface area contributed by atoms with E-state index in [2.05, 4.69) is 62.0 Å². The third-order valence-electron chi connectivity index (χ3n) is 5.38. The Morgan fingerprint density at radius 3 is 2.44 bits per heavy atom. The van der Waals surface area contributed by atoms with Gasteiger partial charge in [0.2, 0.25) is 11.8 Å². The maximum atomic E-state index is 5.90. The zero-order valence-corrected chi connectivity index (χ0v) is 19.8. The van der Waals surface area contributed by atoms with Crippen molar-refractivity contribution in [1.82, 2.24) is 29.9 Å². The summed E-state index contributed by atoms with van der Waals surface area (Å²) in [7, 11) is 0. The number of thioether (sulfide) groups is 1. The summed E-state index contributed by atoms with van der Waals surface area (Å²) in [5.74, 6) is 2.75. The molecule has 0 amide bonds. The first-order chi connectivity index (χ1) is 16.7. The van der Waals surface area contributed by atoms with Gasteiger partial charge in [-0.2, -0.15) is 0 Å². The standard InChI is InChI=1S/C26H24N6OS/c1-18(2)21-12-6-7-13-22(21)32-25(20-11-8-14-27-16-20)30-31-26(32)34-17-24-29-28-23(33-24)15-19-9-4-3-5-10-19/h3-14,16,18H,15,17H2,1-2H3. The zero-order valence-electron chi connectivity index (χ0n) is 19.0. The molecule has 0 atom stereocenters. The monoisotopic (exact) mass is 468 g/mol. The van der Waals surface area contributed by atoms with Gasteiger partial charge >= 0.3 is 0 Å². The molecule has 0 aliphatic carbocycles. The van der Waals surface area contributed by atoms with Crippen molar-refractivity contribution in [3.05, 3.63) is 102 Å². The number of pyridine rings is 1. The maximum Gasteiger partial charge on any atom is 0.226 e. The molecule has 0 N–H and O–H groups in total. The fourth-order valence-corrected chi connectivity index (χ4v) is 4.54. The summed E-state index contributed by atoms with van der Waals surface area (Å²) in [5, 5.41) is 18.2. The highest BCUT2D eigenvalue weighted by atomic mass is 32.2. The van der Waals surface area contributed by atoms with E-state index in [1.54, 1.807) is 12.4 Å². The minimum atomic E-state index is 0.342. The number of nitrogens with zero attached hydrogens (tertiary/aromatic N) is 6. The van der Waals surface area contributed by atoms with E-state index in [9.17, 15) is 0 Å². The fourth-order valence-electron chi connectivity index (χ4n) is 3.76. The number of benzene rings is 2. The smallest absolute Gasteiger partial charge is 0.226 e. The second kappa shape index (κ2) is 10.0. The third kappa shape index (κ3) is 4.77. The summed E-state index contributed by atoms with van der Waals surface area (Å²) >= 11 is 1.52. The molecule has 0 fully saturated rings. The second-order valence-corrected chi connectivity index (χ2v) is 9.08. The third-order valence-corrected chi connectivity index (χ3v) is 6.30. The van der Waals surface area contributed by atoms with Crippen molar-refractivity contribution in [2.45, 2.75) is 37.1 Å². The normalized spacial score (nSPS) is 11.3. The highest BCUT2D eigenvalue weighted by Crippen LogP contribution is 2.33. The van der Waals surface area contributed by atoms with Crippen LogP contribution in [0.1, 0.15) is 42.7 Å². The molecule has 0 spiro atoms. The van der Waals surface area contributed by atoms with Crippen LogP contribution in [0, 0.1) is 0 Å². The average molecular weight is 469 g/mol. The molecule has 7 nitrogen and oxygen atoms in total. The van der Waals surface area contributed by atoms with E-state index in [4.69, 9.17) is 4.42 Å². The molecule has 0 bridgehead atoms. The van der Waals surface area contributed by atoms with Crippen LogP contribution in [-0.2, 0) is 12.2 Å². The number of hydrogen-bond acceptors (Lipinski definition) is 7. The first-order valence-electron chi connectivity index (χ1n) is 11.1. The van der Waals surface area contributed by atoms with Crippen LogP contribution in [0.2, 0.25) is 0 Å². The average Bonchev–Trinajstić information content (AvgIpc) is 3.50. The largest absolute Gasteiger partial charge is 0.424 e. The van der Waals surface area contributed by atoms with E-state index >= 15 is 0 Å². The molecule has 0 saturated heterocycles. The lowest BCUT2D eigenvalue weighted by Gasteiger charge is -2.16. The van der Waals surface area contributed by atoms with E-state index in [0.29, 0.717) is 29.9 Å². The molecule has 8 heteroatoms. The van der Waals surface area contributed by atoms with Crippen molar-refractivity contribution in [2.24, 2.45) is 0 Å². The van der Waals surface area contributed by atoms with Gasteiger partial charge in [-0.1, -0.05) is 74.1 Å². The lowest BCUT2D eigenvalue weighted by Crippen LogP contribution is -2.05. The van der Waals surface area contributed by atoms with Crippen molar-refractivity contribution in [3.63, 3.8) is 0 Å². The molecule has 0 aliphatic heterocycles. The summed E-state index contributed by atoms with van der Waals surface area (Å²) in [6.07, 6.45) is 4.17. The van der Waals surface area contributed by atoms with Gasteiger partial charge in [0.05, 0.1) is 17.9 Å². The SMILES string of the molecule is CC(C)c1ccccc1-n1c(SCc2nnc(Cc3ccccc3)o2)nnc1-c1cccnc1. The Bertz CT molecular complexity index is 1360. The van der Waals surface area contributed by atoms with Gasteiger partial charge in [-0.05, 0) is 35.2 Å². The molecular formula is C26H24N6OS. The minimum Gasteiger partial charge on any atom is -0.424 e. The Hall–Kier alpha value is -3.78. The Morgan fingerprint density at radius 2 is 1.65 bits per heavy atom. The Morgan fingerprint density at radius 1 is 0.853 bits per heavy atom. The van der Waals surface area contributed by atoms with Crippen molar-refractivity contribution in [3.8, 4) is 17.1 Å². The molecule has 3 heterocycles.